The summed E-state index contributed by atoms with van der Waals surface area (Å²) in [6, 6.07) is -0.783. The predicted octanol–water partition coefficient (Wildman–Crippen LogP) is 0.164. The first kappa shape index (κ1) is 15.1. The van der Waals surface area contributed by atoms with E-state index in [4.69, 9.17) is 0 Å². The van der Waals surface area contributed by atoms with Crippen molar-refractivity contribution in [3.63, 3.8) is 0 Å². The molecule has 2 rings (SSSR count). The van der Waals surface area contributed by atoms with Crippen LogP contribution >= 0.6 is 0 Å². The fourth-order valence-electron chi connectivity index (χ4n) is 2.93. The summed E-state index contributed by atoms with van der Waals surface area (Å²) >= 11 is 0. The molecule has 2 fully saturated rings. The molecule has 0 aromatic rings. The lowest BCUT2D eigenvalue weighted by Crippen LogP contribution is -2.59. The topological polar surface area (TPSA) is 95.0 Å². The average molecular weight is 304 g/mol. The maximum Gasteiger partial charge on any atom is 0.329 e. The van der Waals surface area contributed by atoms with E-state index in [1.54, 1.807) is 13.8 Å². The molecule has 0 bridgehead atoms. The Labute approximate surface area is 118 Å². The molecule has 0 saturated carbocycles. The Morgan fingerprint density at radius 1 is 1.30 bits per heavy atom. The van der Waals surface area contributed by atoms with Crippen LogP contribution < -0.4 is 0 Å². The number of amides is 2. The highest BCUT2D eigenvalue weighted by Gasteiger charge is 2.48. The van der Waals surface area contributed by atoms with E-state index in [1.807, 2.05) is 0 Å². The first-order valence-corrected chi connectivity index (χ1v) is 8.51. The predicted molar refractivity (Wildman–Crippen MR) is 72.2 cm³/mol. The van der Waals surface area contributed by atoms with Gasteiger partial charge in [-0.1, -0.05) is 0 Å². The molecule has 0 spiro atoms. The molecule has 0 radical (unpaired) electrons. The van der Waals surface area contributed by atoms with Crippen molar-refractivity contribution in [3.05, 3.63) is 0 Å². The van der Waals surface area contributed by atoms with Crippen LogP contribution in [0.5, 0.6) is 0 Å². The number of likely N-dealkylation sites (tertiary alicyclic amines) is 1. The third kappa shape index (κ3) is 2.48. The average Bonchev–Trinajstić information content (AvgIpc) is 2.71. The third-order valence-electron chi connectivity index (χ3n) is 4.25. The van der Waals surface area contributed by atoms with E-state index in [-0.39, 0.29) is 24.1 Å². The molecule has 2 aliphatic rings. The summed E-state index contributed by atoms with van der Waals surface area (Å²) < 4.78 is 23.1. The van der Waals surface area contributed by atoms with Gasteiger partial charge in [0, 0.05) is 19.1 Å². The number of carbonyl (C=O) groups excluding carboxylic acids is 1. The second-order valence-electron chi connectivity index (χ2n) is 5.77. The summed E-state index contributed by atoms with van der Waals surface area (Å²) in [6.07, 6.45) is 1.07. The standard InChI is InChI=1S/C12H20N2O5S/c1-9-8-20(18,19)7-6-13(9)11(17)14-5-3-4-12(14,2)10(15)16/h9H,3-8H2,1-2H3,(H,15,16). The number of urea groups is 1. The van der Waals surface area contributed by atoms with Crippen LogP contribution in [0.3, 0.4) is 0 Å². The van der Waals surface area contributed by atoms with Crippen LogP contribution in [0.15, 0.2) is 0 Å². The molecule has 0 aliphatic carbocycles. The zero-order valence-corrected chi connectivity index (χ0v) is 12.5. The number of hydrogen-bond acceptors (Lipinski definition) is 4. The number of carboxylic acids is 1. The Kier molecular flexibility index (Phi) is 3.70. The largest absolute Gasteiger partial charge is 0.480 e. The van der Waals surface area contributed by atoms with Crippen molar-refractivity contribution < 1.29 is 23.1 Å². The van der Waals surface area contributed by atoms with Crippen molar-refractivity contribution in [2.24, 2.45) is 0 Å². The summed E-state index contributed by atoms with van der Waals surface area (Å²) in [5.74, 6) is -1.13. The minimum atomic E-state index is -3.10. The number of rotatable bonds is 1. The summed E-state index contributed by atoms with van der Waals surface area (Å²) in [7, 11) is -3.10. The number of hydrogen-bond donors (Lipinski definition) is 1. The van der Waals surface area contributed by atoms with Gasteiger partial charge in [-0.05, 0) is 26.7 Å². The highest BCUT2D eigenvalue weighted by atomic mass is 32.2. The fourth-order valence-corrected chi connectivity index (χ4v) is 4.49. The molecule has 2 atom stereocenters. The molecule has 20 heavy (non-hydrogen) atoms. The van der Waals surface area contributed by atoms with Crippen molar-refractivity contribution in [2.45, 2.75) is 38.3 Å². The van der Waals surface area contributed by atoms with Gasteiger partial charge in [-0.15, -0.1) is 0 Å². The second kappa shape index (κ2) is 4.91. The van der Waals surface area contributed by atoms with Gasteiger partial charge in [0.1, 0.15) is 5.54 Å². The number of carboxylic acid groups (broad SMARTS) is 1. The first-order chi connectivity index (χ1) is 9.17. The van der Waals surface area contributed by atoms with Crippen molar-refractivity contribution in [3.8, 4) is 0 Å². The van der Waals surface area contributed by atoms with Crippen LogP contribution in [0.25, 0.3) is 0 Å². The lowest BCUT2D eigenvalue weighted by atomic mass is 9.99. The maximum absolute atomic E-state index is 12.5. The molecular weight excluding hydrogens is 284 g/mol. The number of aliphatic carboxylic acids is 1. The minimum absolute atomic E-state index is 0.0549. The van der Waals surface area contributed by atoms with Gasteiger partial charge >= 0.3 is 12.0 Å². The molecule has 0 aromatic heterocycles. The molecule has 114 valence electrons. The zero-order valence-electron chi connectivity index (χ0n) is 11.7. The van der Waals surface area contributed by atoms with Crippen molar-refractivity contribution in [1.82, 2.24) is 9.80 Å². The Hall–Kier alpha value is -1.31. The van der Waals surface area contributed by atoms with Crippen LogP contribution in [-0.4, -0.2) is 71.5 Å². The van der Waals surface area contributed by atoms with E-state index in [0.29, 0.717) is 19.4 Å². The Morgan fingerprint density at radius 3 is 2.50 bits per heavy atom. The minimum Gasteiger partial charge on any atom is -0.480 e. The molecule has 0 aromatic carbocycles. The number of nitrogens with zero attached hydrogens (tertiary/aromatic N) is 2. The molecule has 2 heterocycles. The Bertz CT molecular complexity index is 532. The van der Waals surface area contributed by atoms with E-state index in [0.717, 1.165) is 0 Å². The molecule has 2 amide bonds. The molecule has 2 saturated heterocycles. The summed E-state index contributed by atoms with van der Waals surface area (Å²) in [4.78, 5) is 26.8. The molecular formula is C12H20N2O5S. The van der Waals surface area contributed by atoms with Gasteiger partial charge in [0.2, 0.25) is 0 Å². The van der Waals surface area contributed by atoms with Gasteiger partial charge < -0.3 is 14.9 Å². The van der Waals surface area contributed by atoms with Crippen molar-refractivity contribution >= 4 is 21.8 Å². The molecule has 8 heteroatoms. The molecule has 2 aliphatic heterocycles. The van der Waals surface area contributed by atoms with Gasteiger partial charge in [0.25, 0.3) is 0 Å². The summed E-state index contributed by atoms with van der Waals surface area (Å²) in [5.41, 5.74) is -1.19. The fraction of sp³-hybridized carbons (Fsp3) is 0.833. The number of carbonyl (C=O) groups is 2. The van der Waals surface area contributed by atoms with Crippen LogP contribution in [0.2, 0.25) is 0 Å². The van der Waals surface area contributed by atoms with Crippen molar-refractivity contribution in [1.29, 1.82) is 0 Å². The van der Waals surface area contributed by atoms with E-state index in [9.17, 15) is 23.1 Å². The van der Waals surface area contributed by atoms with E-state index < -0.39 is 27.4 Å². The molecule has 2 unspecified atom stereocenters. The monoisotopic (exact) mass is 304 g/mol. The van der Waals surface area contributed by atoms with Crippen molar-refractivity contribution in [2.75, 3.05) is 24.6 Å². The molecule has 1 N–H and O–H groups in total. The quantitative estimate of drug-likeness (QED) is 0.745. The van der Waals surface area contributed by atoms with Gasteiger partial charge in [0.05, 0.1) is 11.5 Å². The second-order valence-corrected chi connectivity index (χ2v) is 8.00. The van der Waals surface area contributed by atoms with Gasteiger partial charge in [-0.3, -0.25) is 0 Å². The lowest BCUT2D eigenvalue weighted by molar-refractivity contribution is -0.147. The first-order valence-electron chi connectivity index (χ1n) is 6.69. The highest BCUT2D eigenvalue weighted by molar-refractivity contribution is 7.91. The van der Waals surface area contributed by atoms with Crippen LogP contribution in [0, 0.1) is 0 Å². The van der Waals surface area contributed by atoms with Crippen LogP contribution in [0.4, 0.5) is 4.79 Å². The van der Waals surface area contributed by atoms with Gasteiger partial charge in [-0.25, -0.2) is 18.0 Å². The Balaban J connectivity index is 2.18. The summed E-state index contributed by atoms with van der Waals surface area (Å²) in [6.45, 7) is 3.76. The van der Waals surface area contributed by atoms with Crippen LogP contribution in [0.1, 0.15) is 26.7 Å². The maximum atomic E-state index is 12.5. The highest BCUT2D eigenvalue weighted by Crippen LogP contribution is 2.31. The zero-order chi connectivity index (χ0) is 15.1. The van der Waals surface area contributed by atoms with E-state index >= 15 is 0 Å². The third-order valence-corrected chi connectivity index (χ3v) is 6.04. The van der Waals surface area contributed by atoms with Crippen LogP contribution in [-0.2, 0) is 14.6 Å². The summed E-state index contributed by atoms with van der Waals surface area (Å²) in [5, 5.41) is 9.33. The normalized spacial score (nSPS) is 33.2. The van der Waals surface area contributed by atoms with Gasteiger partial charge in [-0.2, -0.15) is 0 Å². The molecule has 7 nitrogen and oxygen atoms in total. The van der Waals surface area contributed by atoms with E-state index in [1.165, 1.54) is 9.80 Å². The van der Waals surface area contributed by atoms with Gasteiger partial charge in [0.15, 0.2) is 9.84 Å². The Morgan fingerprint density at radius 2 is 1.95 bits per heavy atom. The van der Waals surface area contributed by atoms with E-state index in [2.05, 4.69) is 0 Å². The SMILES string of the molecule is CC1CS(=O)(=O)CCN1C(=O)N1CCCC1(C)C(=O)O. The number of sulfone groups is 1. The smallest absolute Gasteiger partial charge is 0.329 e. The lowest BCUT2D eigenvalue weighted by Gasteiger charge is -2.40.